The monoisotopic (exact) mass is 1170 g/mol. The third-order valence-corrected chi connectivity index (χ3v) is 19.9. The molecule has 0 aliphatic carbocycles. The molecular formula is C80H49N7S2. The molecule has 7 heterocycles. The molecule has 0 saturated carbocycles. The molecule has 12 aromatic carbocycles. The fourth-order valence-corrected chi connectivity index (χ4v) is 16.0. The summed E-state index contributed by atoms with van der Waals surface area (Å²) in [4.78, 5) is 20.0. The van der Waals surface area contributed by atoms with Gasteiger partial charge >= 0.3 is 0 Å². The van der Waals surface area contributed by atoms with Crippen molar-refractivity contribution < 1.29 is 0 Å². The number of nitrogens with zero attached hydrogens (tertiary/aromatic N) is 7. The van der Waals surface area contributed by atoms with Gasteiger partial charge in [0, 0.05) is 102 Å². The minimum absolute atomic E-state index is 0.668. The van der Waals surface area contributed by atoms with Crippen LogP contribution in [0.3, 0.4) is 0 Å². The minimum atomic E-state index is 0.668. The Hall–Kier alpha value is -11.4. The van der Waals surface area contributed by atoms with Crippen LogP contribution >= 0.6 is 22.7 Å². The summed E-state index contributed by atoms with van der Waals surface area (Å²) in [7, 11) is 0. The summed E-state index contributed by atoms with van der Waals surface area (Å²) in [5, 5.41) is 12.6. The Morgan fingerprint density at radius 1 is 0.247 bits per heavy atom. The highest BCUT2D eigenvalue weighted by Crippen LogP contribution is 2.45. The number of aromatic nitrogens is 7. The zero-order valence-electron chi connectivity index (χ0n) is 47.7. The van der Waals surface area contributed by atoms with Crippen molar-refractivity contribution in [3.05, 3.63) is 298 Å². The number of hydrogen-bond acceptors (Lipinski definition) is 6. The van der Waals surface area contributed by atoms with Gasteiger partial charge in [-0.15, -0.1) is 22.7 Å². The molecule has 89 heavy (non-hydrogen) atoms. The van der Waals surface area contributed by atoms with Gasteiger partial charge in [0.15, 0.2) is 0 Å². The van der Waals surface area contributed by atoms with Crippen LogP contribution in [0.2, 0.25) is 0 Å². The summed E-state index contributed by atoms with van der Waals surface area (Å²) in [6, 6.07) is 101. The van der Waals surface area contributed by atoms with Crippen LogP contribution in [0.15, 0.2) is 298 Å². The lowest BCUT2D eigenvalue weighted by atomic mass is 9.98. The first-order valence-electron chi connectivity index (χ1n) is 29.8. The van der Waals surface area contributed by atoms with Gasteiger partial charge in [-0.1, -0.05) is 206 Å². The number of thiophene rings is 2. The summed E-state index contributed by atoms with van der Waals surface area (Å²) < 4.78 is 12.0. The summed E-state index contributed by atoms with van der Waals surface area (Å²) in [6.07, 6.45) is 3.75. The predicted molar refractivity (Wildman–Crippen MR) is 375 cm³/mol. The fraction of sp³-hybridized carbons (Fsp3) is 0. The molecule has 0 fully saturated rings. The summed E-state index contributed by atoms with van der Waals surface area (Å²) in [5.74, 6) is 1.34. The maximum Gasteiger partial charge on any atom is 0.235 e. The molecule has 7 aromatic heterocycles. The van der Waals surface area contributed by atoms with Crippen LogP contribution in [-0.4, -0.2) is 33.6 Å². The lowest BCUT2D eigenvalue weighted by Gasteiger charge is -2.11. The van der Waals surface area contributed by atoms with Crippen molar-refractivity contribution in [2.24, 2.45) is 0 Å². The number of benzene rings is 12. The van der Waals surface area contributed by atoms with E-state index in [9.17, 15) is 0 Å². The van der Waals surface area contributed by atoms with Crippen LogP contribution in [0.5, 0.6) is 0 Å². The maximum absolute atomic E-state index is 5.20. The van der Waals surface area contributed by atoms with Crippen LogP contribution < -0.4 is 0 Å². The van der Waals surface area contributed by atoms with E-state index >= 15 is 0 Å². The molecule has 19 rings (SSSR count). The van der Waals surface area contributed by atoms with Gasteiger partial charge in [0.2, 0.25) is 11.9 Å². The van der Waals surface area contributed by atoms with E-state index in [2.05, 4.69) is 281 Å². The van der Waals surface area contributed by atoms with Crippen molar-refractivity contribution in [3.8, 4) is 62.4 Å². The summed E-state index contributed by atoms with van der Waals surface area (Å²) >= 11 is 3.72. The van der Waals surface area contributed by atoms with Gasteiger partial charge in [0.25, 0.3) is 0 Å². The van der Waals surface area contributed by atoms with E-state index in [4.69, 9.17) is 19.9 Å². The first kappa shape index (κ1) is 50.9. The van der Waals surface area contributed by atoms with E-state index in [0.29, 0.717) is 11.9 Å². The van der Waals surface area contributed by atoms with Gasteiger partial charge in [-0.2, -0.15) is 0 Å². The van der Waals surface area contributed by atoms with Gasteiger partial charge in [0.05, 0.1) is 44.5 Å². The first-order chi connectivity index (χ1) is 44.1. The van der Waals surface area contributed by atoms with E-state index in [1.165, 1.54) is 100 Å². The van der Waals surface area contributed by atoms with Gasteiger partial charge in [-0.05, 0) is 101 Å². The molecule has 0 aliphatic heterocycles. The number of hydrogen-bond donors (Lipinski definition) is 0. The van der Waals surface area contributed by atoms with Crippen molar-refractivity contribution in [1.29, 1.82) is 0 Å². The molecule has 0 radical (unpaired) electrons. The lowest BCUT2D eigenvalue weighted by molar-refractivity contribution is 0.992. The topological polar surface area (TPSA) is 66.3 Å². The highest BCUT2D eigenvalue weighted by Gasteiger charge is 2.22. The fourth-order valence-electron chi connectivity index (χ4n) is 13.5. The van der Waals surface area contributed by atoms with E-state index in [0.717, 1.165) is 55.8 Å². The second kappa shape index (κ2) is 20.7. The quantitative estimate of drug-likeness (QED) is 0.159. The van der Waals surface area contributed by atoms with Crippen molar-refractivity contribution in [2.75, 3.05) is 0 Å². The van der Waals surface area contributed by atoms with Gasteiger partial charge in [-0.25, -0.2) is 19.9 Å². The molecule has 7 nitrogen and oxygen atoms in total. The minimum Gasteiger partial charge on any atom is -0.309 e. The van der Waals surface area contributed by atoms with Gasteiger partial charge in [0.1, 0.15) is 0 Å². The highest BCUT2D eigenvalue weighted by atomic mass is 32.1. The summed E-state index contributed by atoms with van der Waals surface area (Å²) in [5.41, 5.74) is 16.6. The van der Waals surface area contributed by atoms with Crippen LogP contribution in [0.4, 0.5) is 0 Å². The molecule has 19 aromatic rings. The van der Waals surface area contributed by atoms with Crippen molar-refractivity contribution >= 4 is 128 Å². The predicted octanol–water partition coefficient (Wildman–Crippen LogP) is 21.6. The standard InChI is InChI=1S/C40H24N4S.C40H25N3S/c1-5-16-33-27(12-1)28-13-2-6-17-34(28)43(33)26-11-9-10-25(24-26)32-22-23-41-40(42-32)44-35-18-7-3-15-31(35)38-36(44)21-20-30-29-14-4-8-19-37(29)45-39(30)38;1-2-9-26(10-3-1)27-17-19-28(20-18-27)29-11-8-12-30(25-29)34-23-24-41-40(42-34)43-35-15-6-4-14-33(35)38-36(43)22-21-32-31-13-5-7-16-37(31)44-39(32)38/h1-24H;1-25H. The zero-order chi connectivity index (χ0) is 58.5. The number of fused-ring (bicyclic) bond motifs is 17. The van der Waals surface area contributed by atoms with Crippen LogP contribution in [-0.2, 0) is 0 Å². The third kappa shape index (κ3) is 8.31. The molecular weight excluding hydrogens is 1120 g/mol. The number of para-hydroxylation sites is 4. The Balaban J connectivity index is 0.000000133. The average Bonchev–Trinajstić information content (AvgIpc) is 1.63. The highest BCUT2D eigenvalue weighted by molar-refractivity contribution is 7.27. The number of rotatable bonds is 7. The Morgan fingerprint density at radius 2 is 0.640 bits per heavy atom. The van der Waals surface area contributed by atoms with Gasteiger partial charge in [-0.3, -0.25) is 9.13 Å². The molecule has 0 N–H and O–H groups in total. The molecule has 0 aliphatic rings. The van der Waals surface area contributed by atoms with Crippen molar-refractivity contribution in [2.45, 2.75) is 0 Å². The van der Waals surface area contributed by atoms with Crippen LogP contribution in [0, 0.1) is 0 Å². The molecule has 9 heteroatoms. The molecule has 0 spiro atoms. The average molecular weight is 1170 g/mol. The molecule has 0 unspecified atom stereocenters. The van der Waals surface area contributed by atoms with Crippen LogP contribution in [0.1, 0.15) is 0 Å². The van der Waals surface area contributed by atoms with E-state index < -0.39 is 0 Å². The lowest BCUT2D eigenvalue weighted by Crippen LogP contribution is -2.02. The largest absolute Gasteiger partial charge is 0.309 e. The molecule has 0 saturated heterocycles. The summed E-state index contributed by atoms with van der Waals surface area (Å²) in [6.45, 7) is 0. The zero-order valence-corrected chi connectivity index (χ0v) is 49.4. The second-order valence-electron chi connectivity index (χ2n) is 22.5. The molecule has 416 valence electrons. The Labute approximate surface area is 518 Å². The molecule has 0 amide bonds. The second-order valence-corrected chi connectivity index (χ2v) is 24.6. The van der Waals surface area contributed by atoms with E-state index in [1.54, 1.807) is 0 Å². The third-order valence-electron chi connectivity index (χ3n) is 17.5. The van der Waals surface area contributed by atoms with E-state index in [1.807, 2.05) is 53.3 Å². The molecule has 0 atom stereocenters. The Kier molecular flexibility index (Phi) is 11.8. The smallest absolute Gasteiger partial charge is 0.235 e. The SMILES string of the molecule is c1cc(-c2ccnc(-n3c4ccccc4c4c5sc6ccccc6c5ccc43)n2)cc(-n2c3ccccc3c3ccccc32)c1.c1ccc(-c2ccc(-c3cccc(-c4ccnc(-n5c6ccccc6c6c7sc8ccccc8c7ccc65)n4)c3)cc2)cc1. The molecule has 0 bridgehead atoms. The normalized spacial score (nSPS) is 11.8. The van der Waals surface area contributed by atoms with Crippen LogP contribution in [0.25, 0.3) is 168 Å². The Bertz CT molecular complexity index is 5950. The Morgan fingerprint density at radius 3 is 1.17 bits per heavy atom. The van der Waals surface area contributed by atoms with Crippen molar-refractivity contribution in [1.82, 2.24) is 33.6 Å². The van der Waals surface area contributed by atoms with Gasteiger partial charge < -0.3 is 4.57 Å². The first-order valence-corrected chi connectivity index (χ1v) is 31.5. The maximum atomic E-state index is 5.20. The van der Waals surface area contributed by atoms with E-state index in [-0.39, 0.29) is 0 Å². The van der Waals surface area contributed by atoms with Crippen molar-refractivity contribution in [3.63, 3.8) is 0 Å².